The molecule has 1 aliphatic heterocycles. The standard InChI is InChI=1S/C22H21N3O4S/c1-15-6-8-17(9-7-15)29-13-21-23-16(14-30-21)12-20(26)24-18-4-2-3-5-19(18)25-10-11-28-22(25)27/h2-9,14H,10-13H2,1H3,(H,24,26). The maximum Gasteiger partial charge on any atom is 0.414 e. The van der Waals surface area contributed by atoms with Crippen LogP contribution >= 0.6 is 11.3 Å². The highest BCUT2D eigenvalue weighted by Crippen LogP contribution is 2.28. The number of amides is 2. The van der Waals surface area contributed by atoms with Gasteiger partial charge in [0.1, 0.15) is 24.0 Å². The van der Waals surface area contributed by atoms with Crippen molar-refractivity contribution in [2.45, 2.75) is 20.0 Å². The number of rotatable bonds is 7. The number of hydrogen-bond acceptors (Lipinski definition) is 6. The molecule has 3 aromatic rings. The van der Waals surface area contributed by atoms with Gasteiger partial charge in [0.2, 0.25) is 5.91 Å². The van der Waals surface area contributed by atoms with Crippen LogP contribution in [0.4, 0.5) is 16.2 Å². The molecule has 0 unspecified atom stereocenters. The number of aromatic nitrogens is 1. The van der Waals surface area contributed by atoms with Crippen molar-refractivity contribution in [3.05, 3.63) is 70.2 Å². The summed E-state index contributed by atoms with van der Waals surface area (Å²) in [5, 5.41) is 5.54. The molecule has 1 N–H and O–H groups in total. The number of aryl methyl sites for hydroxylation is 1. The minimum Gasteiger partial charge on any atom is -0.486 e. The molecule has 30 heavy (non-hydrogen) atoms. The first kappa shape index (κ1) is 19.9. The number of ether oxygens (including phenoxy) is 2. The van der Waals surface area contributed by atoms with Crippen LogP contribution in [0.5, 0.6) is 5.75 Å². The van der Waals surface area contributed by atoms with Crippen LogP contribution in [0.3, 0.4) is 0 Å². The van der Waals surface area contributed by atoms with Crippen LogP contribution in [0.15, 0.2) is 53.9 Å². The van der Waals surface area contributed by atoms with Gasteiger partial charge in [0, 0.05) is 5.38 Å². The van der Waals surface area contributed by atoms with E-state index in [4.69, 9.17) is 9.47 Å². The summed E-state index contributed by atoms with van der Waals surface area (Å²) in [5.41, 5.74) is 3.05. The summed E-state index contributed by atoms with van der Waals surface area (Å²) < 4.78 is 10.7. The van der Waals surface area contributed by atoms with Crippen molar-refractivity contribution in [2.75, 3.05) is 23.4 Å². The van der Waals surface area contributed by atoms with Gasteiger partial charge in [0.15, 0.2) is 0 Å². The van der Waals surface area contributed by atoms with Crippen LogP contribution in [-0.2, 0) is 22.6 Å². The first-order chi connectivity index (χ1) is 14.6. The van der Waals surface area contributed by atoms with Gasteiger partial charge >= 0.3 is 6.09 Å². The topological polar surface area (TPSA) is 80.8 Å². The maximum absolute atomic E-state index is 12.5. The second kappa shape index (κ2) is 8.96. The molecule has 0 bridgehead atoms. The van der Waals surface area contributed by atoms with Crippen molar-refractivity contribution in [1.29, 1.82) is 0 Å². The van der Waals surface area contributed by atoms with Crippen LogP contribution in [0.2, 0.25) is 0 Å². The molecule has 4 rings (SSSR count). The lowest BCUT2D eigenvalue weighted by molar-refractivity contribution is -0.115. The molecule has 1 aliphatic rings. The Morgan fingerprint density at radius 1 is 1.23 bits per heavy atom. The highest BCUT2D eigenvalue weighted by molar-refractivity contribution is 7.09. The van der Waals surface area contributed by atoms with Gasteiger partial charge in [-0.2, -0.15) is 0 Å². The van der Waals surface area contributed by atoms with Crippen LogP contribution in [0, 0.1) is 6.92 Å². The number of nitrogens with zero attached hydrogens (tertiary/aromatic N) is 2. The number of carbonyl (C=O) groups excluding carboxylic acids is 2. The summed E-state index contributed by atoms with van der Waals surface area (Å²) in [6, 6.07) is 15.0. The average Bonchev–Trinajstić information content (AvgIpc) is 3.36. The van der Waals surface area contributed by atoms with Gasteiger partial charge in [-0.15, -0.1) is 11.3 Å². The lowest BCUT2D eigenvalue weighted by Gasteiger charge is -2.17. The van der Waals surface area contributed by atoms with Gasteiger partial charge in [-0.1, -0.05) is 29.8 Å². The van der Waals surface area contributed by atoms with E-state index in [0.29, 0.717) is 36.8 Å². The Bertz CT molecular complexity index is 1050. The van der Waals surface area contributed by atoms with E-state index in [1.54, 1.807) is 12.1 Å². The highest BCUT2D eigenvalue weighted by atomic mass is 32.1. The number of nitrogens with one attached hydrogen (secondary N) is 1. The Morgan fingerprint density at radius 3 is 2.80 bits per heavy atom. The first-order valence-electron chi connectivity index (χ1n) is 9.54. The number of cyclic esters (lactones) is 1. The molecule has 154 valence electrons. The summed E-state index contributed by atoms with van der Waals surface area (Å²) in [6.45, 7) is 3.18. The largest absolute Gasteiger partial charge is 0.486 e. The zero-order valence-electron chi connectivity index (χ0n) is 16.5. The monoisotopic (exact) mass is 423 g/mol. The summed E-state index contributed by atoms with van der Waals surface area (Å²) in [4.78, 5) is 30.4. The van der Waals surface area contributed by atoms with Crippen LogP contribution < -0.4 is 15.0 Å². The second-order valence-electron chi connectivity index (χ2n) is 6.84. The van der Waals surface area contributed by atoms with Crippen molar-refractivity contribution >= 4 is 34.7 Å². The third-order valence-corrected chi connectivity index (χ3v) is 5.43. The van der Waals surface area contributed by atoms with Crippen molar-refractivity contribution in [3.63, 3.8) is 0 Å². The molecular weight excluding hydrogens is 402 g/mol. The molecule has 0 atom stereocenters. The molecule has 2 amide bonds. The molecule has 0 radical (unpaired) electrons. The summed E-state index contributed by atoms with van der Waals surface area (Å²) in [7, 11) is 0. The Hall–Kier alpha value is -3.39. The van der Waals surface area contributed by atoms with Crippen LogP contribution in [-0.4, -0.2) is 30.1 Å². The molecule has 1 aromatic heterocycles. The predicted molar refractivity (Wildman–Crippen MR) is 115 cm³/mol. The van der Waals surface area contributed by atoms with E-state index in [1.807, 2.05) is 48.7 Å². The van der Waals surface area contributed by atoms with Gasteiger partial charge in [0.25, 0.3) is 0 Å². The van der Waals surface area contributed by atoms with Crippen molar-refractivity contribution < 1.29 is 19.1 Å². The third kappa shape index (κ3) is 4.77. The Kier molecular flexibility index (Phi) is 5.94. The number of hydrogen-bond donors (Lipinski definition) is 1. The summed E-state index contributed by atoms with van der Waals surface area (Å²) in [5.74, 6) is 0.582. The van der Waals surface area contributed by atoms with Crippen molar-refractivity contribution in [3.8, 4) is 5.75 Å². The number of para-hydroxylation sites is 2. The fourth-order valence-electron chi connectivity index (χ4n) is 3.06. The Balaban J connectivity index is 1.35. The van der Waals surface area contributed by atoms with Gasteiger partial charge in [-0.25, -0.2) is 9.78 Å². The van der Waals surface area contributed by atoms with E-state index < -0.39 is 6.09 Å². The smallest absolute Gasteiger partial charge is 0.414 e. The number of carbonyl (C=O) groups is 2. The van der Waals surface area contributed by atoms with Gasteiger partial charge in [-0.05, 0) is 31.2 Å². The van der Waals surface area contributed by atoms with E-state index >= 15 is 0 Å². The average molecular weight is 423 g/mol. The quantitative estimate of drug-likeness (QED) is 0.617. The first-order valence-corrected chi connectivity index (χ1v) is 10.4. The number of benzene rings is 2. The SMILES string of the molecule is Cc1ccc(OCc2nc(CC(=O)Nc3ccccc3N3CCOC3=O)cs2)cc1. The molecule has 0 saturated carbocycles. The molecule has 2 heterocycles. The van der Waals surface area contributed by atoms with E-state index in [2.05, 4.69) is 10.3 Å². The van der Waals surface area contributed by atoms with E-state index in [1.165, 1.54) is 21.8 Å². The molecule has 0 aliphatic carbocycles. The third-order valence-electron chi connectivity index (χ3n) is 4.55. The van der Waals surface area contributed by atoms with Gasteiger partial charge in [-0.3, -0.25) is 9.69 Å². The zero-order chi connectivity index (χ0) is 20.9. The molecule has 8 heteroatoms. The fourth-order valence-corrected chi connectivity index (χ4v) is 3.77. The Labute approximate surface area is 178 Å². The van der Waals surface area contributed by atoms with Crippen molar-refractivity contribution in [2.24, 2.45) is 0 Å². The summed E-state index contributed by atoms with van der Waals surface area (Å²) >= 11 is 1.46. The number of thiazole rings is 1. The lowest BCUT2D eigenvalue weighted by atomic mass is 10.2. The molecule has 1 fully saturated rings. The second-order valence-corrected chi connectivity index (χ2v) is 7.79. The van der Waals surface area contributed by atoms with Crippen LogP contribution in [0.1, 0.15) is 16.3 Å². The predicted octanol–water partition coefficient (Wildman–Crippen LogP) is 4.17. The summed E-state index contributed by atoms with van der Waals surface area (Å²) in [6.07, 6.45) is -0.269. The van der Waals surface area contributed by atoms with Gasteiger partial charge < -0.3 is 14.8 Å². The minimum absolute atomic E-state index is 0.139. The minimum atomic E-state index is -0.408. The van der Waals surface area contributed by atoms with E-state index in [-0.39, 0.29) is 12.3 Å². The molecule has 2 aromatic carbocycles. The van der Waals surface area contributed by atoms with Crippen molar-refractivity contribution in [1.82, 2.24) is 4.98 Å². The fraction of sp³-hybridized carbons (Fsp3) is 0.227. The van der Waals surface area contributed by atoms with Crippen LogP contribution in [0.25, 0.3) is 0 Å². The van der Waals surface area contributed by atoms with Gasteiger partial charge in [0.05, 0.1) is 30.0 Å². The Morgan fingerprint density at radius 2 is 2.03 bits per heavy atom. The number of anilines is 2. The lowest BCUT2D eigenvalue weighted by Crippen LogP contribution is -2.25. The molecule has 0 spiro atoms. The van der Waals surface area contributed by atoms with E-state index in [0.717, 1.165) is 10.8 Å². The maximum atomic E-state index is 12.5. The molecular formula is C22H21N3O4S. The normalized spacial score (nSPS) is 13.2. The zero-order valence-corrected chi connectivity index (χ0v) is 17.3. The van der Waals surface area contributed by atoms with E-state index in [9.17, 15) is 9.59 Å². The molecule has 7 nitrogen and oxygen atoms in total. The molecule has 1 saturated heterocycles. The highest BCUT2D eigenvalue weighted by Gasteiger charge is 2.26.